The van der Waals surface area contributed by atoms with Crippen LogP contribution >= 0.6 is 23.2 Å². The highest BCUT2D eigenvalue weighted by Crippen LogP contribution is 2.25. The molecule has 0 saturated heterocycles. The summed E-state index contributed by atoms with van der Waals surface area (Å²) >= 11 is 12.1. The van der Waals surface area contributed by atoms with Gasteiger partial charge in [0.25, 0.3) is 0 Å². The molecule has 0 aliphatic rings. The summed E-state index contributed by atoms with van der Waals surface area (Å²) in [6.45, 7) is 5.44. The van der Waals surface area contributed by atoms with Crippen LogP contribution in [0.5, 0.6) is 0 Å². The Labute approximate surface area is 113 Å². The van der Waals surface area contributed by atoms with Crippen molar-refractivity contribution in [3.63, 3.8) is 0 Å². The highest BCUT2D eigenvalue weighted by molar-refractivity contribution is 6.36. The van der Waals surface area contributed by atoms with Gasteiger partial charge in [-0.2, -0.15) is 0 Å². The minimum Gasteiger partial charge on any atom is -0.343 e. The van der Waals surface area contributed by atoms with Gasteiger partial charge in [0.1, 0.15) is 0 Å². The van der Waals surface area contributed by atoms with Gasteiger partial charge in [0.05, 0.1) is 0 Å². The summed E-state index contributed by atoms with van der Waals surface area (Å²) in [6, 6.07) is 5.40. The van der Waals surface area contributed by atoms with Crippen LogP contribution in [-0.2, 0) is 11.2 Å². The topological polar surface area (TPSA) is 20.3 Å². The first-order valence-corrected chi connectivity index (χ1v) is 6.56. The molecule has 0 atom stereocenters. The second-order valence-corrected chi connectivity index (χ2v) is 4.58. The molecule has 17 heavy (non-hydrogen) atoms. The van der Waals surface area contributed by atoms with Crippen LogP contribution in [0.4, 0.5) is 0 Å². The van der Waals surface area contributed by atoms with Gasteiger partial charge in [-0.25, -0.2) is 0 Å². The maximum atomic E-state index is 11.8. The average molecular weight is 274 g/mol. The van der Waals surface area contributed by atoms with Gasteiger partial charge < -0.3 is 4.90 Å². The molecule has 0 heterocycles. The van der Waals surface area contributed by atoms with Crippen LogP contribution in [0, 0.1) is 0 Å². The Morgan fingerprint density at radius 2 is 1.71 bits per heavy atom. The van der Waals surface area contributed by atoms with E-state index < -0.39 is 0 Å². The van der Waals surface area contributed by atoms with Gasteiger partial charge in [0.15, 0.2) is 0 Å². The number of halogens is 2. The first-order chi connectivity index (χ1) is 8.10. The van der Waals surface area contributed by atoms with E-state index in [0.717, 1.165) is 18.7 Å². The number of carbonyl (C=O) groups excluding carboxylic acids is 1. The molecule has 0 fully saturated rings. The molecule has 94 valence electrons. The van der Waals surface area contributed by atoms with Gasteiger partial charge in [0, 0.05) is 29.6 Å². The highest BCUT2D eigenvalue weighted by Gasteiger charge is 2.12. The minimum absolute atomic E-state index is 0.144. The summed E-state index contributed by atoms with van der Waals surface area (Å²) in [5, 5.41) is 1.26. The third kappa shape index (κ3) is 3.90. The largest absolute Gasteiger partial charge is 0.343 e. The van der Waals surface area contributed by atoms with Gasteiger partial charge in [0.2, 0.25) is 5.91 Å². The Morgan fingerprint density at radius 3 is 2.18 bits per heavy atom. The zero-order valence-corrected chi connectivity index (χ0v) is 11.7. The third-order valence-electron chi connectivity index (χ3n) is 2.77. The molecule has 0 unspecified atom stereocenters. The lowest BCUT2D eigenvalue weighted by Crippen LogP contribution is -2.30. The number of benzene rings is 1. The van der Waals surface area contributed by atoms with Gasteiger partial charge in [-0.1, -0.05) is 29.3 Å². The normalized spacial score (nSPS) is 10.4. The predicted octanol–water partition coefficient (Wildman–Crippen LogP) is 3.79. The fraction of sp³-hybridized carbons (Fsp3) is 0.462. The SMILES string of the molecule is CCN(CC)C(=O)CCc1c(Cl)cccc1Cl. The van der Waals surface area contributed by atoms with E-state index in [2.05, 4.69) is 0 Å². The number of hydrogen-bond acceptors (Lipinski definition) is 1. The molecular weight excluding hydrogens is 257 g/mol. The van der Waals surface area contributed by atoms with Gasteiger partial charge in [-0.15, -0.1) is 0 Å². The van der Waals surface area contributed by atoms with Crippen molar-refractivity contribution in [2.75, 3.05) is 13.1 Å². The Hall–Kier alpha value is -0.730. The number of nitrogens with zero attached hydrogens (tertiary/aromatic N) is 1. The minimum atomic E-state index is 0.144. The zero-order chi connectivity index (χ0) is 12.8. The summed E-state index contributed by atoms with van der Waals surface area (Å²) in [5.74, 6) is 0.144. The molecule has 1 amide bonds. The first-order valence-electron chi connectivity index (χ1n) is 5.80. The molecule has 0 bridgehead atoms. The fourth-order valence-corrected chi connectivity index (χ4v) is 2.32. The van der Waals surface area contributed by atoms with E-state index in [4.69, 9.17) is 23.2 Å². The van der Waals surface area contributed by atoms with Crippen molar-refractivity contribution in [2.24, 2.45) is 0 Å². The molecule has 0 N–H and O–H groups in total. The first kappa shape index (κ1) is 14.3. The van der Waals surface area contributed by atoms with Crippen LogP contribution in [-0.4, -0.2) is 23.9 Å². The monoisotopic (exact) mass is 273 g/mol. The van der Waals surface area contributed by atoms with Crippen LogP contribution in [0.1, 0.15) is 25.8 Å². The van der Waals surface area contributed by atoms with E-state index in [0.29, 0.717) is 22.9 Å². The van der Waals surface area contributed by atoms with Crippen LogP contribution in [0.3, 0.4) is 0 Å². The van der Waals surface area contributed by atoms with E-state index in [1.54, 1.807) is 18.2 Å². The van der Waals surface area contributed by atoms with Crippen molar-refractivity contribution in [3.05, 3.63) is 33.8 Å². The summed E-state index contributed by atoms with van der Waals surface area (Å²) in [6.07, 6.45) is 1.04. The smallest absolute Gasteiger partial charge is 0.222 e. The average Bonchev–Trinajstić information content (AvgIpc) is 2.30. The summed E-state index contributed by atoms with van der Waals surface area (Å²) < 4.78 is 0. The zero-order valence-electron chi connectivity index (χ0n) is 10.2. The van der Waals surface area contributed by atoms with Crippen molar-refractivity contribution in [1.82, 2.24) is 4.90 Å². The van der Waals surface area contributed by atoms with E-state index in [1.165, 1.54) is 0 Å². The second kappa shape index (κ2) is 6.87. The van der Waals surface area contributed by atoms with Gasteiger partial charge >= 0.3 is 0 Å². The summed E-state index contributed by atoms with van der Waals surface area (Å²) in [7, 11) is 0. The van der Waals surface area contributed by atoms with Crippen molar-refractivity contribution < 1.29 is 4.79 Å². The Morgan fingerprint density at radius 1 is 1.18 bits per heavy atom. The van der Waals surface area contributed by atoms with Crippen molar-refractivity contribution in [1.29, 1.82) is 0 Å². The van der Waals surface area contributed by atoms with E-state index in [-0.39, 0.29) is 5.91 Å². The molecule has 0 saturated carbocycles. The maximum absolute atomic E-state index is 11.8. The van der Waals surface area contributed by atoms with E-state index in [9.17, 15) is 4.79 Å². The Kier molecular flexibility index (Phi) is 5.79. The van der Waals surface area contributed by atoms with Crippen molar-refractivity contribution in [2.45, 2.75) is 26.7 Å². The second-order valence-electron chi connectivity index (χ2n) is 3.77. The molecule has 2 nitrogen and oxygen atoms in total. The van der Waals surface area contributed by atoms with E-state index >= 15 is 0 Å². The van der Waals surface area contributed by atoms with Crippen LogP contribution < -0.4 is 0 Å². The molecule has 0 spiro atoms. The van der Waals surface area contributed by atoms with Crippen LogP contribution in [0.2, 0.25) is 10.0 Å². The summed E-state index contributed by atoms with van der Waals surface area (Å²) in [5.41, 5.74) is 0.858. The Balaban J connectivity index is 2.64. The molecule has 1 rings (SSSR count). The number of hydrogen-bond donors (Lipinski definition) is 0. The molecule has 1 aromatic rings. The lowest BCUT2D eigenvalue weighted by molar-refractivity contribution is -0.130. The molecule has 4 heteroatoms. The molecule has 0 radical (unpaired) electrons. The van der Waals surface area contributed by atoms with Crippen LogP contribution in [0.25, 0.3) is 0 Å². The fourth-order valence-electron chi connectivity index (χ4n) is 1.74. The lowest BCUT2D eigenvalue weighted by Gasteiger charge is -2.18. The molecule has 0 aromatic heterocycles. The lowest BCUT2D eigenvalue weighted by atomic mass is 10.1. The van der Waals surface area contributed by atoms with E-state index in [1.807, 2.05) is 18.7 Å². The maximum Gasteiger partial charge on any atom is 0.222 e. The van der Waals surface area contributed by atoms with Crippen LogP contribution in [0.15, 0.2) is 18.2 Å². The molecular formula is C13H17Cl2NO. The standard InChI is InChI=1S/C13H17Cl2NO/c1-3-16(4-2)13(17)9-8-10-11(14)6-5-7-12(10)15/h5-7H,3-4,8-9H2,1-2H3. The third-order valence-corrected chi connectivity index (χ3v) is 3.47. The number of carbonyl (C=O) groups is 1. The number of amides is 1. The van der Waals surface area contributed by atoms with Crippen molar-refractivity contribution in [3.8, 4) is 0 Å². The highest BCUT2D eigenvalue weighted by atomic mass is 35.5. The Bertz CT molecular complexity index is 369. The molecule has 1 aromatic carbocycles. The summed E-state index contributed by atoms with van der Waals surface area (Å²) in [4.78, 5) is 13.7. The number of rotatable bonds is 5. The molecule has 0 aliphatic heterocycles. The predicted molar refractivity (Wildman–Crippen MR) is 72.7 cm³/mol. The van der Waals surface area contributed by atoms with Gasteiger partial charge in [-0.3, -0.25) is 4.79 Å². The quantitative estimate of drug-likeness (QED) is 0.799. The van der Waals surface area contributed by atoms with Gasteiger partial charge in [-0.05, 0) is 38.0 Å². The molecule has 0 aliphatic carbocycles. The van der Waals surface area contributed by atoms with Crippen molar-refractivity contribution >= 4 is 29.1 Å².